The number of rotatable bonds is 9. The molecule has 0 radical (unpaired) electrons. The molecule has 0 aliphatic carbocycles. The van der Waals surface area contributed by atoms with Crippen LogP contribution in [0.25, 0.3) is 6.08 Å². The number of benzene rings is 3. The number of nitrogens with one attached hydrogen (secondary N) is 1. The van der Waals surface area contributed by atoms with Crippen molar-refractivity contribution in [2.45, 2.75) is 13.2 Å². The molecule has 0 unspecified atom stereocenters. The number of carbonyl (C=O) groups excluding carboxylic acids is 1. The third-order valence-corrected chi connectivity index (χ3v) is 6.04. The molecule has 6 nitrogen and oxygen atoms in total. The van der Waals surface area contributed by atoms with E-state index in [1.165, 1.54) is 13.2 Å². The van der Waals surface area contributed by atoms with Crippen LogP contribution in [-0.2, 0) is 17.9 Å². The van der Waals surface area contributed by atoms with Gasteiger partial charge in [0.2, 0.25) is 0 Å². The first kappa shape index (κ1) is 25.4. The average molecular weight is 589 g/mol. The van der Waals surface area contributed by atoms with Gasteiger partial charge in [0.15, 0.2) is 11.5 Å². The van der Waals surface area contributed by atoms with E-state index in [2.05, 4.69) is 27.9 Å². The lowest BCUT2D eigenvalue weighted by Gasteiger charge is -2.14. The zero-order chi connectivity index (χ0) is 24.5. The van der Waals surface area contributed by atoms with Gasteiger partial charge in [-0.1, -0.05) is 41.9 Å². The van der Waals surface area contributed by atoms with Crippen LogP contribution in [0.4, 0.5) is 0 Å². The van der Waals surface area contributed by atoms with Crippen molar-refractivity contribution in [3.63, 3.8) is 0 Å². The van der Waals surface area contributed by atoms with Crippen LogP contribution in [0.2, 0.25) is 5.02 Å². The van der Waals surface area contributed by atoms with Gasteiger partial charge in [0.25, 0.3) is 5.91 Å². The first-order valence-corrected chi connectivity index (χ1v) is 11.7. The third-order valence-electron chi connectivity index (χ3n) is 4.87. The van der Waals surface area contributed by atoms with Crippen LogP contribution in [0.5, 0.6) is 17.2 Å². The van der Waals surface area contributed by atoms with E-state index in [-0.39, 0.29) is 18.7 Å². The Bertz CT molecular complexity index is 1240. The number of halogens is 2. The lowest BCUT2D eigenvalue weighted by molar-refractivity contribution is -0.117. The number of amides is 1. The van der Waals surface area contributed by atoms with Crippen molar-refractivity contribution in [1.82, 2.24) is 5.32 Å². The maximum atomic E-state index is 12.6. The maximum absolute atomic E-state index is 12.6. The molecule has 0 aliphatic rings. The molecule has 34 heavy (non-hydrogen) atoms. The molecule has 0 heterocycles. The van der Waals surface area contributed by atoms with Crippen LogP contribution in [0.3, 0.4) is 0 Å². The lowest BCUT2D eigenvalue weighted by Crippen LogP contribution is -2.23. The van der Waals surface area contributed by atoms with E-state index in [0.29, 0.717) is 22.1 Å². The maximum Gasteiger partial charge on any atom is 0.262 e. The summed E-state index contributed by atoms with van der Waals surface area (Å²) in [7, 11) is 3.13. The predicted molar refractivity (Wildman–Crippen MR) is 140 cm³/mol. The van der Waals surface area contributed by atoms with Gasteiger partial charge in [0.05, 0.1) is 17.8 Å². The molecule has 0 saturated heterocycles. The van der Waals surface area contributed by atoms with Gasteiger partial charge >= 0.3 is 0 Å². The van der Waals surface area contributed by atoms with E-state index in [9.17, 15) is 10.1 Å². The average Bonchev–Trinajstić information content (AvgIpc) is 2.86. The Hall–Kier alpha value is -3.22. The molecule has 0 spiro atoms. The van der Waals surface area contributed by atoms with Crippen LogP contribution in [0.15, 0.2) is 66.2 Å². The minimum absolute atomic E-state index is 0.0175. The number of hydrogen-bond donors (Lipinski definition) is 1. The molecule has 0 aliphatic heterocycles. The Morgan fingerprint density at radius 1 is 1.12 bits per heavy atom. The molecule has 0 aromatic heterocycles. The summed E-state index contributed by atoms with van der Waals surface area (Å²) in [5.41, 5.74) is 2.37. The highest BCUT2D eigenvalue weighted by molar-refractivity contribution is 14.1. The molecule has 0 bridgehead atoms. The van der Waals surface area contributed by atoms with Crippen molar-refractivity contribution in [2.24, 2.45) is 0 Å². The topological polar surface area (TPSA) is 80.6 Å². The monoisotopic (exact) mass is 588 g/mol. The highest BCUT2D eigenvalue weighted by atomic mass is 127. The van der Waals surface area contributed by atoms with E-state index in [1.807, 2.05) is 54.6 Å². The summed E-state index contributed by atoms with van der Waals surface area (Å²) in [6, 6.07) is 20.3. The van der Waals surface area contributed by atoms with Crippen LogP contribution >= 0.6 is 34.2 Å². The van der Waals surface area contributed by atoms with E-state index < -0.39 is 5.91 Å². The SMILES string of the molecule is COc1ccc(CNC(=O)/C(C#N)=C\c2cc(I)c(OCc3ccccc3Cl)c(OC)c2)cc1. The Balaban J connectivity index is 1.74. The molecule has 1 amide bonds. The Morgan fingerprint density at radius 2 is 1.85 bits per heavy atom. The van der Waals surface area contributed by atoms with Gasteiger partial charge in [-0.2, -0.15) is 5.26 Å². The van der Waals surface area contributed by atoms with Crippen molar-refractivity contribution in [3.8, 4) is 23.3 Å². The largest absolute Gasteiger partial charge is 0.497 e. The second kappa shape index (κ2) is 12.3. The lowest BCUT2D eigenvalue weighted by atomic mass is 10.1. The summed E-state index contributed by atoms with van der Waals surface area (Å²) in [5, 5.41) is 12.9. The number of nitriles is 1. The van der Waals surface area contributed by atoms with Gasteiger partial charge in [0, 0.05) is 17.1 Å². The first-order valence-electron chi connectivity index (χ1n) is 10.2. The van der Waals surface area contributed by atoms with Gasteiger partial charge < -0.3 is 19.5 Å². The fourth-order valence-electron chi connectivity index (χ4n) is 3.06. The summed E-state index contributed by atoms with van der Waals surface area (Å²) in [4.78, 5) is 12.6. The summed E-state index contributed by atoms with van der Waals surface area (Å²) in [5.74, 6) is 1.31. The van der Waals surface area contributed by atoms with Gasteiger partial charge in [-0.15, -0.1) is 0 Å². The zero-order valence-electron chi connectivity index (χ0n) is 18.6. The molecule has 8 heteroatoms. The second-order valence-corrected chi connectivity index (χ2v) is 8.68. The number of hydrogen-bond acceptors (Lipinski definition) is 5. The number of carbonyl (C=O) groups is 1. The van der Waals surface area contributed by atoms with Crippen molar-refractivity contribution in [3.05, 3.63) is 91.5 Å². The Kier molecular flexibility index (Phi) is 9.19. The van der Waals surface area contributed by atoms with E-state index in [4.69, 9.17) is 25.8 Å². The van der Waals surface area contributed by atoms with Gasteiger partial charge in [-0.3, -0.25) is 4.79 Å². The van der Waals surface area contributed by atoms with Crippen molar-refractivity contribution in [1.29, 1.82) is 5.26 Å². The summed E-state index contributed by atoms with van der Waals surface area (Å²) < 4.78 is 17.4. The highest BCUT2D eigenvalue weighted by Crippen LogP contribution is 2.35. The van der Waals surface area contributed by atoms with E-state index >= 15 is 0 Å². The zero-order valence-corrected chi connectivity index (χ0v) is 21.5. The minimum atomic E-state index is -0.466. The van der Waals surface area contributed by atoms with Gasteiger partial charge in [0.1, 0.15) is 24.0 Å². The molecule has 174 valence electrons. The van der Waals surface area contributed by atoms with Gasteiger partial charge in [-0.05, 0) is 70.1 Å². The van der Waals surface area contributed by atoms with Crippen molar-refractivity contribution < 1.29 is 19.0 Å². The first-order chi connectivity index (χ1) is 16.4. The molecule has 0 fully saturated rings. The second-order valence-electron chi connectivity index (χ2n) is 7.11. The molecule has 3 aromatic carbocycles. The van der Waals surface area contributed by atoms with Crippen molar-refractivity contribution >= 4 is 46.2 Å². The Labute approximate surface area is 217 Å². The molecule has 3 aromatic rings. The normalized spacial score (nSPS) is 10.9. The summed E-state index contributed by atoms with van der Waals surface area (Å²) in [6.45, 7) is 0.565. The van der Waals surface area contributed by atoms with Crippen LogP contribution < -0.4 is 19.5 Å². The van der Waals surface area contributed by atoms with Crippen molar-refractivity contribution in [2.75, 3.05) is 14.2 Å². The summed E-state index contributed by atoms with van der Waals surface area (Å²) in [6.07, 6.45) is 1.52. The molecule has 3 rings (SSSR count). The molecule has 0 atom stereocenters. The standard InChI is InChI=1S/C26H22ClIN2O4/c1-32-21-9-7-17(8-10-21)15-30-26(31)20(14-29)11-18-12-23(28)25(24(13-18)33-2)34-16-19-5-3-4-6-22(19)27/h3-13H,15-16H2,1-2H3,(H,30,31)/b20-11-. The fraction of sp³-hybridized carbons (Fsp3) is 0.154. The minimum Gasteiger partial charge on any atom is -0.497 e. The summed E-state index contributed by atoms with van der Waals surface area (Å²) >= 11 is 8.35. The van der Waals surface area contributed by atoms with Crippen LogP contribution in [0, 0.1) is 14.9 Å². The van der Waals surface area contributed by atoms with Gasteiger partial charge in [-0.25, -0.2) is 0 Å². The highest BCUT2D eigenvalue weighted by Gasteiger charge is 2.14. The Morgan fingerprint density at radius 3 is 2.50 bits per heavy atom. The number of nitrogens with zero attached hydrogens (tertiary/aromatic N) is 1. The quantitative estimate of drug-likeness (QED) is 0.195. The molecule has 1 N–H and O–H groups in total. The molecular formula is C26H22ClIN2O4. The predicted octanol–water partition coefficient (Wildman–Crippen LogP) is 5.76. The van der Waals surface area contributed by atoms with E-state index in [0.717, 1.165) is 20.4 Å². The third kappa shape index (κ3) is 6.65. The van der Waals surface area contributed by atoms with Crippen LogP contribution in [-0.4, -0.2) is 20.1 Å². The van der Waals surface area contributed by atoms with Crippen LogP contribution in [0.1, 0.15) is 16.7 Å². The molecule has 0 saturated carbocycles. The number of methoxy groups -OCH3 is 2. The van der Waals surface area contributed by atoms with E-state index in [1.54, 1.807) is 19.2 Å². The number of ether oxygens (including phenoxy) is 3. The molecular weight excluding hydrogens is 567 g/mol. The smallest absolute Gasteiger partial charge is 0.262 e. The fourth-order valence-corrected chi connectivity index (χ4v) is 4.04.